The summed E-state index contributed by atoms with van der Waals surface area (Å²) in [5.74, 6) is 0. The number of nitrogens with two attached hydrogens (primary N) is 1. The van der Waals surface area contributed by atoms with Crippen LogP contribution in [0.25, 0.3) is 11.1 Å². The van der Waals surface area contributed by atoms with Crippen molar-refractivity contribution in [1.29, 1.82) is 0 Å². The lowest BCUT2D eigenvalue weighted by Gasteiger charge is -2.11. The number of pyridine rings is 1. The van der Waals surface area contributed by atoms with Crippen molar-refractivity contribution in [2.75, 3.05) is 0 Å². The molecule has 0 unspecified atom stereocenters. The van der Waals surface area contributed by atoms with Crippen molar-refractivity contribution in [1.82, 2.24) is 4.98 Å². The lowest BCUT2D eigenvalue weighted by atomic mass is 9.96. The van der Waals surface area contributed by atoms with Gasteiger partial charge in [-0.2, -0.15) is 0 Å². The Morgan fingerprint density at radius 1 is 1.12 bits per heavy atom. The van der Waals surface area contributed by atoms with Crippen LogP contribution in [0.1, 0.15) is 16.7 Å². The summed E-state index contributed by atoms with van der Waals surface area (Å²) in [5.41, 5.74) is 11.8. The first-order chi connectivity index (χ1) is 7.72. The van der Waals surface area contributed by atoms with Gasteiger partial charge in [-0.1, -0.05) is 23.8 Å². The third kappa shape index (κ3) is 1.97. The second-order valence-electron chi connectivity index (χ2n) is 4.06. The monoisotopic (exact) mass is 212 g/mol. The van der Waals surface area contributed by atoms with Crippen LogP contribution in [0.15, 0.2) is 36.7 Å². The Balaban J connectivity index is 2.62. The molecule has 0 atom stereocenters. The number of hydrogen-bond acceptors (Lipinski definition) is 2. The summed E-state index contributed by atoms with van der Waals surface area (Å²) in [6, 6.07) is 8.50. The van der Waals surface area contributed by atoms with E-state index in [1.807, 2.05) is 18.5 Å². The molecule has 2 nitrogen and oxygen atoms in total. The van der Waals surface area contributed by atoms with Gasteiger partial charge < -0.3 is 5.73 Å². The SMILES string of the molecule is Cc1ccc(C)c(-c2ccncc2CN)c1. The predicted molar refractivity (Wildman–Crippen MR) is 67.0 cm³/mol. The van der Waals surface area contributed by atoms with E-state index in [1.54, 1.807) is 0 Å². The third-order valence-corrected chi connectivity index (χ3v) is 2.81. The standard InChI is InChI=1S/C14H16N2/c1-10-3-4-11(2)14(7-10)13-5-6-16-9-12(13)8-15/h3-7,9H,8,15H2,1-2H3. The van der Waals surface area contributed by atoms with Gasteiger partial charge in [0.05, 0.1) is 0 Å². The molecule has 0 bridgehead atoms. The van der Waals surface area contributed by atoms with Crippen LogP contribution >= 0.6 is 0 Å². The van der Waals surface area contributed by atoms with Gasteiger partial charge in [-0.3, -0.25) is 4.98 Å². The van der Waals surface area contributed by atoms with Gasteiger partial charge in [-0.05, 0) is 42.2 Å². The average Bonchev–Trinajstić information content (AvgIpc) is 2.32. The minimum atomic E-state index is 0.524. The quantitative estimate of drug-likeness (QED) is 0.831. The fourth-order valence-electron chi connectivity index (χ4n) is 1.88. The maximum Gasteiger partial charge on any atom is 0.0318 e. The highest BCUT2D eigenvalue weighted by molar-refractivity contribution is 5.70. The van der Waals surface area contributed by atoms with Gasteiger partial charge in [0.1, 0.15) is 0 Å². The fourth-order valence-corrected chi connectivity index (χ4v) is 1.88. The third-order valence-electron chi connectivity index (χ3n) is 2.81. The molecule has 16 heavy (non-hydrogen) atoms. The zero-order valence-electron chi connectivity index (χ0n) is 9.70. The Bertz CT molecular complexity index is 504. The van der Waals surface area contributed by atoms with E-state index in [1.165, 1.54) is 22.3 Å². The lowest BCUT2D eigenvalue weighted by molar-refractivity contribution is 1.05. The van der Waals surface area contributed by atoms with E-state index in [9.17, 15) is 0 Å². The molecule has 0 aliphatic heterocycles. The largest absolute Gasteiger partial charge is 0.326 e. The molecule has 1 aromatic carbocycles. The van der Waals surface area contributed by atoms with Crippen LogP contribution in [0.3, 0.4) is 0 Å². The van der Waals surface area contributed by atoms with Gasteiger partial charge in [-0.15, -0.1) is 0 Å². The molecule has 0 aliphatic rings. The zero-order valence-corrected chi connectivity index (χ0v) is 9.70. The Hall–Kier alpha value is -1.67. The number of aromatic nitrogens is 1. The van der Waals surface area contributed by atoms with Crippen LogP contribution in [-0.2, 0) is 6.54 Å². The summed E-state index contributed by atoms with van der Waals surface area (Å²) < 4.78 is 0. The fraction of sp³-hybridized carbons (Fsp3) is 0.214. The molecular weight excluding hydrogens is 196 g/mol. The van der Waals surface area contributed by atoms with E-state index in [-0.39, 0.29) is 0 Å². The molecule has 0 aliphatic carbocycles. The minimum Gasteiger partial charge on any atom is -0.326 e. The number of benzene rings is 1. The molecule has 0 spiro atoms. The van der Waals surface area contributed by atoms with Crippen molar-refractivity contribution in [3.8, 4) is 11.1 Å². The van der Waals surface area contributed by atoms with Crippen LogP contribution in [0.4, 0.5) is 0 Å². The highest BCUT2D eigenvalue weighted by Gasteiger charge is 2.06. The van der Waals surface area contributed by atoms with Crippen molar-refractivity contribution >= 4 is 0 Å². The summed E-state index contributed by atoms with van der Waals surface area (Å²) in [7, 11) is 0. The van der Waals surface area contributed by atoms with Crippen molar-refractivity contribution in [2.45, 2.75) is 20.4 Å². The van der Waals surface area contributed by atoms with Gasteiger partial charge in [0.25, 0.3) is 0 Å². The van der Waals surface area contributed by atoms with Gasteiger partial charge >= 0.3 is 0 Å². The molecule has 2 aromatic rings. The van der Waals surface area contributed by atoms with E-state index in [0.717, 1.165) is 5.56 Å². The van der Waals surface area contributed by atoms with Gasteiger partial charge in [-0.25, -0.2) is 0 Å². The normalized spacial score (nSPS) is 10.4. The van der Waals surface area contributed by atoms with E-state index < -0.39 is 0 Å². The molecular formula is C14H16N2. The number of aryl methyl sites for hydroxylation is 2. The molecule has 0 fully saturated rings. The van der Waals surface area contributed by atoms with Gasteiger partial charge in [0.2, 0.25) is 0 Å². The topological polar surface area (TPSA) is 38.9 Å². The number of hydrogen-bond donors (Lipinski definition) is 1. The maximum atomic E-state index is 5.74. The first-order valence-corrected chi connectivity index (χ1v) is 5.43. The average molecular weight is 212 g/mol. The number of rotatable bonds is 2. The summed E-state index contributed by atoms with van der Waals surface area (Å²) >= 11 is 0. The molecule has 2 N–H and O–H groups in total. The predicted octanol–water partition coefficient (Wildman–Crippen LogP) is 2.82. The molecule has 0 saturated heterocycles. The Morgan fingerprint density at radius 2 is 1.94 bits per heavy atom. The van der Waals surface area contributed by atoms with E-state index in [4.69, 9.17) is 5.73 Å². The van der Waals surface area contributed by atoms with Gasteiger partial charge in [0.15, 0.2) is 0 Å². The Morgan fingerprint density at radius 3 is 2.69 bits per heavy atom. The Labute approximate surface area is 96.1 Å². The van der Waals surface area contributed by atoms with Crippen molar-refractivity contribution in [3.05, 3.63) is 53.3 Å². The van der Waals surface area contributed by atoms with Gasteiger partial charge in [0, 0.05) is 18.9 Å². The van der Waals surface area contributed by atoms with Crippen LogP contribution < -0.4 is 5.73 Å². The first-order valence-electron chi connectivity index (χ1n) is 5.43. The second-order valence-corrected chi connectivity index (χ2v) is 4.06. The summed E-state index contributed by atoms with van der Waals surface area (Å²) in [6.07, 6.45) is 3.66. The smallest absolute Gasteiger partial charge is 0.0318 e. The first kappa shape index (κ1) is 10.8. The molecule has 0 saturated carbocycles. The lowest BCUT2D eigenvalue weighted by Crippen LogP contribution is -2.00. The minimum absolute atomic E-state index is 0.524. The molecule has 1 heterocycles. The van der Waals surface area contributed by atoms with E-state index in [0.29, 0.717) is 6.54 Å². The summed E-state index contributed by atoms with van der Waals surface area (Å²) in [6.45, 7) is 4.75. The maximum absolute atomic E-state index is 5.74. The molecule has 0 radical (unpaired) electrons. The second kappa shape index (κ2) is 4.45. The molecule has 0 amide bonds. The Kier molecular flexibility index (Phi) is 3.02. The molecule has 2 rings (SSSR count). The number of nitrogens with zero attached hydrogens (tertiary/aromatic N) is 1. The van der Waals surface area contributed by atoms with Crippen molar-refractivity contribution < 1.29 is 0 Å². The summed E-state index contributed by atoms with van der Waals surface area (Å²) in [5, 5.41) is 0. The zero-order chi connectivity index (χ0) is 11.5. The molecule has 1 aromatic heterocycles. The molecule has 82 valence electrons. The van der Waals surface area contributed by atoms with Crippen molar-refractivity contribution in [2.24, 2.45) is 5.73 Å². The van der Waals surface area contributed by atoms with Crippen LogP contribution in [-0.4, -0.2) is 4.98 Å². The summed E-state index contributed by atoms with van der Waals surface area (Å²) in [4.78, 5) is 4.11. The van der Waals surface area contributed by atoms with Crippen LogP contribution in [0, 0.1) is 13.8 Å². The van der Waals surface area contributed by atoms with Crippen molar-refractivity contribution in [3.63, 3.8) is 0 Å². The van der Waals surface area contributed by atoms with Crippen LogP contribution in [0.2, 0.25) is 0 Å². The van der Waals surface area contributed by atoms with E-state index in [2.05, 4.69) is 37.0 Å². The van der Waals surface area contributed by atoms with Crippen LogP contribution in [0.5, 0.6) is 0 Å². The molecule has 2 heteroatoms. The highest BCUT2D eigenvalue weighted by Crippen LogP contribution is 2.26. The highest BCUT2D eigenvalue weighted by atomic mass is 14.6. The van der Waals surface area contributed by atoms with E-state index >= 15 is 0 Å².